The molecule has 0 bridgehead atoms. The molecule has 1 aromatic heterocycles. The lowest BCUT2D eigenvalue weighted by Crippen LogP contribution is -2.20. The molecule has 124 valence electrons. The van der Waals surface area contributed by atoms with Gasteiger partial charge in [0, 0.05) is 36.4 Å². The van der Waals surface area contributed by atoms with Crippen molar-refractivity contribution in [3.05, 3.63) is 40.4 Å². The van der Waals surface area contributed by atoms with E-state index in [1.165, 1.54) is 21.0 Å². The Morgan fingerprint density at radius 2 is 2.13 bits per heavy atom. The third-order valence-corrected chi connectivity index (χ3v) is 3.38. The zero-order valence-electron chi connectivity index (χ0n) is 13.4. The smallest absolute Gasteiger partial charge is 0.271 e. The highest BCUT2D eigenvalue weighted by Gasteiger charge is 2.29. The van der Waals surface area contributed by atoms with Crippen LogP contribution in [0.3, 0.4) is 0 Å². The average molecular weight is 324 g/mol. The van der Waals surface area contributed by atoms with Crippen LogP contribution in [0.5, 0.6) is 0 Å². The maximum Gasteiger partial charge on any atom is 0.271 e. The monoisotopic (exact) mass is 324 g/mol. The zero-order chi connectivity index (χ0) is 17.8. The number of carbonyl (C=O) groups is 1. The van der Waals surface area contributed by atoms with E-state index in [4.69, 9.17) is 10.00 Å². The minimum Gasteiger partial charge on any atom is -0.498 e. The normalized spacial score (nSPS) is 13.8. The van der Waals surface area contributed by atoms with E-state index in [1.807, 2.05) is 0 Å². The molecule has 1 unspecified atom stereocenters. The van der Waals surface area contributed by atoms with Gasteiger partial charge in [-0.05, 0) is 19.9 Å². The Morgan fingerprint density at radius 3 is 2.57 bits per heavy atom. The number of carbonyl (C=O) groups excluding carboxylic acids is 1. The molecule has 0 amide bonds. The average Bonchev–Trinajstić information content (AvgIpc) is 2.46. The van der Waals surface area contributed by atoms with Crippen molar-refractivity contribution in [1.82, 2.24) is 4.98 Å². The Labute approximate surface area is 133 Å². The van der Waals surface area contributed by atoms with E-state index in [-0.39, 0.29) is 34.8 Å². The highest BCUT2D eigenvalue weighted by molar-refractivity contribution is 5.93. The molecule has 0 aliphatic carbocycles. The number of nitriles is 1. The lowest BCUT2D eigenvalue weighted by Gasteiger charge is -2.17. The van der Waals surface area contributed by atoms with E-state index in [0.29, 0.717) is 6.92 Å². The molecule has 23 heavy (non-hydrogen) atoms. The van der Waals surface area contributed by atoms with Gasteiger partial charge in [-0.2, -0.15) is 5.26 Å². The molecule has 0 saturated heterocycles. The first-order valence-electron chi connectivity index (χ1n) is 6.82. The van der Waals surface area contributed by atoms with Crippen LogP contribution in [0.1, 0.15) is 37.6 Å². The second-order valence-electron chi connectivity index (χ2n) is 5.19. The van der Waals surface area contributed by atoms with Crippen LogP contribution in [0.15, 0.2) is 23.6 Å². The molecular weight excluding hydrogens is 306 g/mol. The van der Waals surface area contributed by atoms with E-state index < -0.39 is 17.6 Å². The largest absolute Gasteiger partial charge is 0.498 e. The van der Waals surface area contributed by atoms with Crippen molar-refractivity contribution in [1.29, 1.82) is 5.26 Å². The first kappa shape index (κ1) is 18.7. The molecule has 5 nitrogen and oxygen atoms in total. The van der Waals surface area contributed by atoms with Crippen molar-refractivity contribution < 1.29 is 23.4 Å². The topological polar surface area (TPSA) is 83.2 Å². The fraction of sp³-hybridized carbons (Fsp3) is 0.438. The van der Waals surface area contributed by atoms with Crippen LogP contribution < -0.4 is 0 Å². The number of ether oxygens (including phenoxy) is 1. The molecule has 1 aromatic rings. The van der Waals surface area contributed by atoms with Crippen molar-refractivity contribution in [3.63, 3.8) is 0 Å². The Hall–Kier alpha value is -2.33. The second kappa shape index (κ2) is 7.29. The van der Waals surface area contributed by atoms with Crippen LogP contribution in [0.25, 0.3) is 0 Å². The Kier molecular flexibility index (Phi) is 5.93. The number of ketones is 1. The number of aliphatic hydroxyl groups excluding tert-OH is 1. The molecule has 0 saturated carbocycles. The number of rotatable bonds is 6. The molecule has 0 fully saturated rings. The summed E-state index contributed by atoms with van der Waals surface area (Å²) in [5, 5.41) is 19.1. The number of hydrogen-bond donors (Lipinski definition) is 1. The van der Waals surface area contributed by atoms with Crippen LogP contribution in [-0.2, 0) is 21.9 Å². The molecule has 0 aromatic carbocycles. The molecule has 0 radical (unpaired) electrons. The van der Waals surface area contributed by atoms with E-state index >= 15 is 0 Å². The van der Waals surface area contributed by atoms with Gasteiger partial charge >= 0.3 is 0 Å². The number of nitrogens with zero attached hydrogens (tertiary/aromatic N) is 2. The van der Waals surface area contributed by atoms with Gasteiger partial charge in [0.1, 0.15) is 17.9 Å². The summed E-state index contributed by atoms with van der Waals surface area (Å²) in [6.45, 7) is 3.52. The van der Waals surface area contributed by atoms with Gasteiger partial charge in [-0.3, -0.25) is 9.78 Å². The van der Waals surface area contributed by atoms with Gasteiger partial charge < -0.3 is 9.84 Å². The number of allylic oxidation sites excluding steroid dienone is 1. The van der Waals surface area contributed by atoms with Crippen LogP contribution in [0.2, 0.25) is 0 Å². The molecule has 1 atom stereocenters. The second-order valence-corrected chi connectivity index (χ2v) is 5.19. The Morgan fingerprint density at radius 1 is 1.52 bits per heavy atom. The summed E-state index contributed by atoms with van der Waals surface area (Å²) in [7, 11) is 1.31. The fourth-order valence-corrected chi connectivity index (χ4v) is 2.07. The molecule has 1 heterocycles. The third kappa shape index (κ3) is 4.57. The summed E-state index contributed by atoms with van der Waals surface area (Å²) in [6.07, 6.45) is -0.284. The Balaban J connectivity index is 3.18. The molecular formula is C16H18F2N2O3. The van der Waals surface area contributed by atoms with Gasteiger partial charge in [0.15, 0.2) is 5.78 Å². The number of hydrogen-bond acceptors (Lipinski definition) is 5. The number of aliphatic hydroxyl groups is 1. The van der Waals surface area contributed by atoms with E-state index in [2.05, 4.69) is 4.98 Å². The number of pyridine rings is 1. The highest BCUT2D eigenvalue weighted by atomic mass is 19.3. The van der Waals surface area contributed by atoms with Gasteiger partial charge in [0.05, 0.1) is 12.7 Å². The first-order chi connectivity index (χ1) is 10.6. The molecule has 0 spiro atoms. The predicted molar refractivity (Wildman–Crippen MR) is 78.6 cm³/mol. The first-order valence-corrected chi connectivity index (χ1v) is 6.82. The summed E-state index contributed by atoms with van der Waals surface area (Å²) >= 11 is 0. The molecule has 1 rings (SSSR count). The summed E-state index contributed by atoms with van der Waals surface area (Å²) in [4.78, 5) is 15.3. The number of methoxy groups -OCH3 is 1. The number of Topliss-reactive ketones (excluding diaryl/α,β-unsaturated/α-hetero) is 1. The van der Waals surface area contributed by atoms with Crippen molar-refractivity contribution in [2.45, 2.75) is 39.2 Å². The standard InChI is InChI=1S/C16H18F2N2O3/c1-9(10(2)21)15(23-4)14(22)6-12-5-13(16(3,17)18)11(7-19)8-20-12/h5,8,14,22H,6H2,1-4H3/b15-9+. The van der Waals surface area contributed by atoms with Crippen molar-refractivity contribution in [3.8, 4) is 6.07 Å². The van der Waals surface area contributed by atoms with Crippen LogP contribution in [0, 0.1) is 11.3 Å². The van der Waals surface area contributed by atoms with Crippen molar-refractivity contribution >= 4 is 5.78 Å². The lowest BCUT2D eigenvalue weighted by atomic mass is 10.0. The zero-order valence-corrected chi connectivity index (χ0v) is 13.4. The van der Waals surface area contributed by atoms with Crippen LogP contribution in [0.4, 0.5) is 8.78 Å². The molecule has 0 aliphatic rings. The van der Waals surface area contributed by atoms with Crippen molar-refractivity contribution in [2.24, 2.45) is 0 Å². The van der Waals surface area contributed by atoms with Gasteiger partial charge in [-0.1, -0.05) is 0 Å². The summed E-state index contributed by atoms with van der Waals surface area (Å²) < 4.78 is 32.1. The summed E-state index contributed by atoms with van der Waals surface area (Å²) in [6, 6.07) is 2.75. The minimum atomic E-state index is -3.21. The lowest BCUT2D eigenvalue weighted by molar-refractivity contribution is -0.113. The van der Waals surface area contributed by atoms with E-state index in [1.54, 1.807) is 6.07 Å². The third-order valence-electron chi connectivity index (χ3n) is 3.38. The Bertz CT molecular complexity index is 673. The minimum absolute atomic E-state index is 0.0634. The van der Waals surface area contributed by atoms with Gasteiger partial charge in [-0.25, -0.2) is 8.78 Å². The van der Waals surface area contributed by atoms with Crippen LogP contribution in [-0.4, -0.2) is 29.1 Å². The maximum absolute atomic E-state index is 13.6. The SMILES string of the molecule is CO/C(=C(\C)C(C)=O)C(O)Cc1cc(C(C)(F)F)c(C#N)cn1. The van der Waals surface area contributed by atoms with Gasteiger partial charge in [0.2, 0.25) is 0 Å². The predicted octanol–water partition coefficient (Wildman–Crippen LogP) is 2.48. The van der Waals surface area contributed by atoms with E-state index in [0.717, 1.165) is 12.3 Å². The summed E-state index contributed by atoms with van der Waals surface area (Å²) in [5.74, 6) is -3.41. The fourth-order valence-electron chi connectivity index (χ4n) is 2.07. The summed E-state index contributed by atoms with van der Waals surface area (Å²) in [5.41, 5.74) is -0.268. The number of halogens is 2. The van der Waals surface area contributed by atoms with Gasteiger partial charge in [0.25, 0.3) is 5.92 Å². The molecule has 0 aliphatic heterocycles. The maximum atomic E-state index is 13.6. The quantitative estimate of drug-likeness (QED) is 0.642. The number of aromatic nitrogens is 1. The van der Waals surface area contributed by atoms with Crippen molar-refractivity contribution in [2.75, 3.05) is 7.11 Å². The van der Waals surface area contributed by atoms with Gasteiger partial charge in [-0.15, -0.1) is 0 Å². The van der Waals surface area contributed by atoms with Crippen LogP contribution >= 0.6 is 0 Å². The molecule has 1 N–H and O–H groups in total. The number of alkyl halides is 2. The van der Waals surface area contributed by atoms with E-state index in [9.17, 15) is 18.7 Å². The molecule has 7 heteroatoms. The highest BCUT2D eigenvalue weighted by Crippen LogP contribution is 2.30.